The lowest BCUT2D eigenvalue weighted by Gasteiger charge is -2.25. The standard InChI is InChI=1S/C8H15NO2/c1-6(8(9)10)11-5-7-3-2-4-7/h6-7H,2-5H2,1H3,(H2,9,10). The highest BCUT2D eigenvalue weighted by Crippen LogP contribution is 2.26. The Bertz CT molecular complexity index is 143. The van der Waals surface area contributed by atoms with Gasteiger partial charge in [0.25, 0.3) is 0 Å². The Balaban J connectivity index is 2.05. The number of nitrogens with two attached hydrogens (primary N) is 1. The van der Waals surface area contributed by atoms with E-state index >= 15 is 0 Å². The molecule has 1 fully saturated rings. The lowest BCUT2D eigenvalue weighted by molar-refractivity contribution is -0.129. The molecule has 1 aliphatic carbocycles. The zero-order valence-electron chi connectivity index (χ0n) is 6.88. The fraction of sp³-hybridized carbons (Fsp3) is 0.875. The van der Waals surface area contributed by atoms with Crippen molar-refractivity contribution in [2.75, 3.05) is 6.61 Å². The predicted molar refractivity (Wildman–Crippen MR) is 41.9 cm³/mol. The van der Waals surface area contributed by atoms with Crippen LogP contribution in [0.25, 0.3) is 0 Å². The van der Waals surface area contributed by atoms with Crippen molar-refractivity contribution >= 4 is 5.91 Å². The smallest absolute Gasteiger partial charge is 0.246 e. The molecule has 0 aromatic rings. The minimum atomic E-state index is -0.421. The highest BCUT2D eigenvalue weighted by Gasteiger charge is 2.19. The summed E-state index contributed by atoms with van der Waals surface area (Å²) in [5, 5.41) is 0. The third-order valence-corrected chi connectivity index (χ3v) is 2.21. The van der Waals surface area contributed by atoms with Crippen molar-refractivity contribution in [1.82, 2.24) is 0 Å². The molecule has 2 N–H and O–H groups in total. The van der Waals surface area contributed by atoms with Gasteiger partial charge in [-0.1, -0.05) is 6.42 Å². The van der Waals surface area contributed by atoms with Gasteiger partial charge in [0.2, 0.25) is 5.91 Å². The lowest BCUT2D eigenvalue weighted by atomic mass is 9.86. The molecule has 3 heteroatoms. The first-order valence-corrected chi connectivity index (χ1v) is 4.11. The molecule has 1 unspecified atom stereocenters. The molecular weight excluding hydrogens is 142 g/mol. The van der Waals surface area contributed by atoms with Crippen molar-refractivity contribution in [3.63, 3.8) is 0 Å². The Kier molecular flexibility index (Phi) is 2.88. The first-order chi connectivity index (χ1) is 5.20. The van der Waals surface area contributed by atoms with Crippen molar-refractivity contribution in [1.29, 1.82) is 0 Å². The number of hydrogen-bond acceptors (Lipinski definition) is 2. The highest BCUT2D eigenvalue weighted by atomic mass is 16.5. The van der Waals surface area contributed by atoms with Gasteiger partial charge in [-0.3, -0.25) is 4.79 Å². The summed E-state index contributed by atoms with van der Waals surface area (Å²) in [6, 6.07) is 0. The van der Waals surface area contributed by atoms with E-state index in [1.807, 2.05) is 0 Å². The number of hydrogen-bond donors (Lipinski definition) is 1. The van der Waals surface area contributed by atoms with Crippen LogP contribution in [0.3, 0.4) is 0 Å². The normalized spacial score (nSPS) is 20.8. The average molecular weight is 157 g/mol. The summed E-state index contributed by atoms with van der Waals surface area (Å²) >= 11 is 0. The van der Waals surface area contributed by atoms with Crippen molar-refractivity contribution in [3.05, 3.63) is 0 Å². The Morgan fingerprint density at radius 1 is 1.73 bits per heavy atom. The second-order valence-corrected chi connectivity index (χ2v) is 3.17. The van der Waals surface area contributed by atoms with Gasteiger partial charge in [-0.05, 0) is 25.7 Å². The first kappa shape index (κ1) is 8.53. The molecular formula is C8H15NO2. The summed E-state index contributed by atoms with van der Waals surface area (Å²) in [7, 11) is 0. The Morgan fingerprint density at radius 2 is 2.36 bits per heavy atom. The van der Waals surface area contributed by atoms with Crippen LogP contribution in [-0.2, 0) is 9.53 Å². The maximum atomic E-state index is 10.5. The van der Waals surface area contributed by atoms with Crippen LogP contribution in [0.5, 0.6) is 0 Å². The van der Waals surface area contributed by atoms with Gasteiger partial charge >= 0.3 is 0 Å². The Morgan fingerprint density at radius 3 is 2.73 bits per heavy atom. The molecule has 3 nitrogen and oxygen atoms in total. The lowest BCUT2D eigenvalue weighted by Crippen LogP contribution is -2.31. The van der Waals surface area contributed by atoms with Crippen LogP contribution in [0.2, 0.25) is 0 Å². The van der Waals surface area contributed by atoms with Gasteiger partial charge in [0.05, 0.1) is 6.61 Å². The molecule has 0 heterocycles. The van der Waals surface area contributed by atoms with E-state index in [0.717, 1.165) is 0 Å². The van der Waals surface area contributed by atoms with E-state index in [-0.39, 0.29) is 5.91 Å². The van der Waals surface area contributed by atoms with E-state index in [2.05, 4.69) is 0 Å². The fourth-order valence-electron chi connectivity index (χ4n) is 1.02. The second-order valence-electron chi connectivity index (χ2n) is 3.17. The Hall–Kier alpha value is -0.570. The van der Waals surface area contributed by atoms with E-state index < -0.39 is 6.10 Å². The maximum absolute atomic E-state index is 10.5. The summed E-state index contributed by atoms with van der Waals surface area (Å²) in [5.74, 6) is 0.307. The third-order valence-electron chi connectivity index (χ3n) is 2.21. The minimum Gasteiger partial charge on any atom is -0.368 e. The van der Waals surface area contributed by atoms with Crippen LogP contribution in [0.15, 0.2) is 0 Å². The second kappa shape index (κ2) is 3.72. The molecule has 0 aliphatic heterocycles. The van der Waals surface area contributed by atoms with Crippen LogP contribution < -0.4 is 5.73 Å². The molecule has 0 saturated heterocycles. The number of rotatable bonds is 4. The monoisotopic (exact) mass is 157 g/mol. The summed E-state index contributed by atoms with van der Waals surface area (Å²) < 4.78 is 5.23. The van der Waals surface area contributed by atoms with E-state index in [9.17, 15) is 4.79 Å². The molecule has 1 saturated carbocycles. The van der Waals surface area contributed by atoms with Crippen molar-refractivity contribution in [2.45, 2.75) is 32.3 Å². The molecule has 64 valence electrons. The summed E-state index contributed by atoms with van der Waals surface area (Å²) in [6.07, 6.45) is 3.37. The van der Waals surface area contributed by atoms with Gasteiger partial charge in [-0.25, -0.2) is 0 Å². The highest BCUT2D eigenvalue weighted by molar-refractivity contribution is 5.78. The molecule has 11 heavy (non-hydrogen) atoms. The zero-order valence-corrected chi connectivity index (χ0v) is 6.88. The molecule has 1 rings (SSSR count). The maximum Gasteiger partial charge on any atom is 0.246 e. The molecule has 1 atom stereocenters. The molecule has 0 radical (unpaired) electrons. The largest absolute Gasteiger partial charge is 0.368 e. The van der Waals surface area contributed by atoms with Crippen molar-refractivity contribution in [3.8, 4) is 0 Å². The quantitative estimate of drug-likeness (QED) is 0.652. The van der Waals surface area contributed by atoms with Gasteiger partial charge in [-0.2, -0.15) is 0 Å². The van der Waals surface area contributed by atoms with Crippen LogP contribution in [0.1, 0.15) is 26.2 Å². The van der Waals surface area contributed by atoms with Crippen LogP contribution >= 0.6 is 0 Å². The van der Waals surface area contributed by atoms with Gasteiger partial charge in [0.1, 0.15) is 6.10 Å². The molecule has 1 aliphatic rings. The average Bonchev–Trinajstić information content (AvgIpc) is 1.83. The third kappa shape index (κ3) is 2.50. The molecule has 0 spiro atoms. The number of ether oxygens (including phenoxy) is 1. The molecule has 0 aromatic carbocycles. The molecule has 0 aromatic heterocycles. The topological polar surface area (TPSA) is 52.3 Å². The Labute approximate surface area is 66.9 Å². The summed E-state index contributed by atoms with van der Waals surface area (Å²) in [5.41, 5.74) is 5.02. The number of carbonyl (C=O) groups excluding carboxylic acids is 1. The fourth-order valence-corrected chi connectivity index (χ4v) is 1.02. The van der Waals surface area contributed by atoms with E-state index in [1.165, 1.54) is 19.3 Å². The van der Waals surface area contributed by atoms with Crippen LogP contribution in [0, 0.1) is 5.92 Å². The van der Waals surface area contributed by atoms with E-state index in [4.69, 9.17) is 10.5 Å². The van der Waals surface area contributed by atoms with Crippen LogP contribution in [0.4, 0.5) is 0 Å². The number of primary amides is 1. The van der Waals surface area contributed by atoms with Gasteiger partial charge < -0.3 is 10.5 Å². The van der Waals surface area contributed by atoms with Crippen molar-refractivity contribution < 1.29 is 9.53 Å². The summed E-state index contributed by atoms with van der Waals surface area (Å²) in [4.78, 5) is 10.5. The van der Waals surface area contributed by atoms with Crippen molar-refractivity contribution in [2.24, 2.45) is 11.7 Å². The SMILES string of the molecule is CC(OCC1CCC1)C(N)=O. The molecule has 1 amide bonds. The van der Waals surface area contributed by atoms with Gasteiger partial charge in [0, 0.05) is 0 Å². The first-order valence-electron chi connectivity index (χ1n) is 4.11. The van der Waals surface area contributed by atoms with Gasteiger partial charge in [0.15, 0.2) is 0 Å². The zero-order chi connectivity index (χ0) is 8.27. The van der Waals surface area contributed by atoms with Gasteiger partial charge in [-0.15, -0.1) is 0 Å². The molecule has 0 bridgehead atoms. The predicted octanol–water partition coefficient (Wildman–Crippen LogP) is 0.677. The van der Waals surface area contributed by atoms with E-state index in [1.54, 1.807) is 6.92 Å². The number of amides is 1. The minimum absolute atomic E-state index is 0.371. The number of carbonyl (C=O) groups is 1. The van der Waals surface area contributed by atoms with Crippen LogP contribution in [-0.4, -0.2) is 18.6 Å². The van der Waals surface area contributed by atoms with E-state index in [0.29, 0.717) is 12.5 Å². The summed E-state index contributed by atoms with van der Waals surface area (Å²) in [6.45, 7) is 2.39.